The number of nitrogens with one attached hydrogen (secondary N) is 1. The standard InChI is InChI=1S/C12H7F2N5O/c1-2-8-11-7(9(3-15)17-6-20)4-16-5-10(11)19(18-8)12(13)14/h1,4-6,9,12H,(H,17,20). The quantitative estimate of drug-likeness (QED) is 0.669. The fourth-order valence-corrected chi connectivity index (χ4v) is 1.84. The number of aromatic nitrogens is 3. The van der Waals surface area contributed by atoms with E-state index in [-0.39, 0.29) is 22.2 Å². The maximum atomic E-state index is 12.9. The van der Waals surface area contributed by atoms with E-state index in [1.54, 1.807) is 0 Å². The second kappa shape index (κ2) is 5.33. The number of hydrogen-bond donors (Lipinski definition) is 1. The molecule has 2 aromatic rings. The van der Waals surface area contributed by atoms with E-state index in [0.717, 1.165) is 0 Å². The summed E-state index contributed by atoms with van der Waals surface area (Å²) in [5.74, 6) is 2.19. The molecule has 6 nitrogen and oxygen atoms in total. The van der Waals surface area contributed by atoms with Crippen LogP contribution in [-0.2, 0) is 4.79 Å². The molecule has 0 saturated heterocycles. The third kappa shape index (κ3) is 2.04. The highest BCUT2D eigenvalue weighted by atomic mass is 19.3. The number of terminal acetylenes is 1. The number of pyridine rings is 1. The molecule has 100 valence electrons. The number of rotatable bonds is 4. The number of nitrogens with zero attached hydrogens (tertiary/aromatic N) is 4. The SMILES string of the molecule is C#Cc1nn(C(F)F)c2cncc(C(C#N)NC=O)c12. The van der Waals surface area contributed by atoms with E-state index in [9.17, 15) is 13.6 Å². The molecule has 1 atom stereocenters. The lowest BCUT2D eigenvalue weighted by atomic mass is 10.0. The van der Waals surface area contributed by atoms with Gasteiger partial charge in [-0.05, 0) is 5.92 Å². The van der Waals surface area contributed by atoms with Gasteiger partial charge >= 0.3 is 6.55 Å². The van der Waals surface area contributed by atoms with Gasteiger partial charge in [-0.1, -0.05) is 0 Å². The first-order chi connectivity index (χ1) is 9.63. The Kier molecular flexibility index (Phi) is 3.58. The van der Waals surface area contributed by atoms with Crippen molar-refractivity contribution in [2.24, 2.45) is 0 Å². The van der Waals surface area contributed by atoms with Crippen LogP contribution in [0.4, 0.5) is 8.78 Å². The van der Waals surface area contributed by atoms with Crippen LogP contribution in [-0.4, -0.2) is 21.2 Å². The summed E-state index contributed by atoms with van der Waals surface area (Å²) in [5.41, 5.74) is 0.181. The van der Waals surface area contributed by atoms with Gasteiger partial charge in [0.25, 0.3) is 0 Å². The van der Waals surface area contributed by atoms with Gasteiger partial charge in [0.2, 0.25) is 6.41 Å². The molecule has 20 heavy (non-hydrogen) atoms. The van der Waals surface area contributed by atoms with Crippen molar-refractivity contribution in [1.82, 2.24) is 20.1 Å². The summed E-state index contributed by atoms with van der Waals surface area (Å²) in [6.45, 7) is -2.89. The molecule has 0 saturated carbocycles. The lowest BCUT2D eigenvalue weighted by Crippen LogP contribution is -2.18. The summed E-state index contributed by atoms with van der Waals surface area (Å²) in [4.78, 5) is 14.3. The number of halogens is 2. The fraction of sp³-hybridized carbons (Fsp3) is 0.167. The van der Waals surface area contributed by atoms with E-state index in [0.29, 0.717) is 11.1 Å². The second-order valence-corrected chi connectivity index (χ2v) is 3.68. The molecule has 0 aliphatic rings. The van der Waals surface area contributed by atoms with Crippen LogP contribution >= 0.6 is 0 Å². The maximum Gasteiger partial charge on any atom is 0.333 e. The Bertz CT molecular complexity index is 741. The molecule has 0 aliphatic heterocycles. The van der Waals surface area contributed by atoms with Crippen LogP contribution in [0, 0.1) is 23.7 Å². The van der Waals surface area contributed by atoms with Crippen LogP contribution in [0.3, 0.4) is 0 Å². The Morgan fingerprint density at radius 3 is 2.80 bits per heavy atom. The largest absolute Gasteiger partial charge is 0.339 e. The first-order valence-electron chi connectivity index (χ1n) is 5.34. The average Bonchev–Trinajstić information content (AvgIpc) is 2.83. The van der Waals surface area contributed by atoms with Gasteiger partial charge in [-0.25, -0.2) is 4.68 Å². The Labute approximate surface area is 112 Å². The van der Waals surface area contributed by atoms with Crippen molar-refractivity contribution < 1.29 is 13.6 Å². The minimum atomic E-state index is -2.89. The summed E-state index contributed by atoms with van der Waals surface area (Å²) in [5, 5.41) is 15.1. The van der Waals surface area contributed by atoms with Crippen molar-refractivity contribution >= 4 is 17.3 Å². The molecule has 0 bridgehead atoms. The Morgan fingerprint density at radius 2 is 2.25 bits per heavy atom. The monoisotopic (exact) mass is 275 g/mol. The van der Waals surface area contributed by atoms with Gasteiger partial charge in [0, 0.05) is 17.1 Å². The van der Waals surface area contributed by atoms with Crippen molar-refractivity contribution in [1.29, 1.82) is 5.26 Å². The van der Waals surface area contributed by atoms with Gasteiger partial charge in [-0.2, -0.15) is 19.1 Å². The van der Waals surface area contributed by atoms with Gasteiger partial charge in [-0.3, -0.25) is 9.78 Å². The van der Waals surface area contributed by atoms with Gasteiger partial charge in [-0.15, -0.1) is 6.42 Å². The molecule has 0 aromatic carbocycles. The lowest BCUT2D eigenvalue weighted by Gasteiger charge is -2.09. The van der Waals surface area contributed by atoms with Gasteiger partial charge < -0.3 is 5.32 Å². The van der Waals surface area contributed by atoms with Crippen molar-refractivity contribution in [2.45, 2.75) is 12.6 Å². The molecule has 2 rings (SSSR count). The topological polar surface area (TPSA) is 83.6 Å². The van der Waals surface area contributed by atoms with E-state index < -0.39 is 12.6 Å². The minimum absolute atomic E-state index is 0.00148. The van der Waals surface area contributed by atoms with Crippen LogP contribution in [0.2, 0.25) is 0 Å². The van der Waals surface area contributed by atoms with E-state index in [2.05, 4.69) is 21.3 Å². The number of carbonyl (C=O) groups excluding carboxylic acids is 1. The molecule has 2 aromatic heterocycles. The number of amides is 1. The molecule has 2 heterocycles. The van der Waals surface area contributed by atoms with Crippen LogP contribution in [0.1, 0.15) is 23.8 Å². The fourth-order valence-electron chi connectivity index (χ4n) is 1.84. The molecule has 1 amide bonds. The highest BCUT2D eigenvalue weighted by Crippen LogP contribution is 2.28. The highest BCUT2D eigenvalue weighted by Gasteiger charge is 2.22. The van der Waals surface area contributed by atoms with Crippen LogP contribution < -0.4 is 5.32 Å². The van der Waals surface area contributed by atoms with E-state index >= 15 is 0 Å². The first-order valence-corrected chi connectivity index (χ1v) is 5.34. The number of fused-ring (bicyclic) bond motifs is 1. The van der Waals surface area contributed by atoms with E-state index in [1.807, 2.05) is 6.07 Å². The van der Waals surface area contributed by atoms with Crippen molar-refractivity contribution in [3.63, 3.8) is 0 Å². The smallest absolute Gasteiger partial charge is 0.333 e. The van der Waals surface area contributed by atoms with E-state index in [4.69, 9.17) is 11.7 Å². The summed E-state index contributed by atoms with van der Waals surface area (Å²) in [6, 6.07) is 0.776. The third-order valence-electron chi connectivity index (χ3n) is 2.64. The normalized spacial score (nSPS) is 11.8. The molecule has 0 aliphatic carbocycles. The van der Waals surface area contributed by atoms with Crippen molar-refractivity contribution in [3.8, 4) is 18.4 Å². The Morgan fingerprint density at radius 1 is 1.50 bits per heavy atom. The molecule has 0 fully saturated rings. The third-order valence-corrected chi connectivity index (χ3v) is 2.64. The van der Waals surface area contributed by atoms with Crippen LogP contribution in [0.25, 0.3) is 10.9 Å². The molecular weight excluding hydrogens is 268 g/mol. The van der Waals surface area contributed by atoms with Gasteiger partial charge in [0.15, 0.2) is 0 Å². The maximum absolute atomic E-state index is 12.9. The number of nitriles is 1. The zero-order valence-corrected chi connectivity index (χ0v) is 9.92. The van der Waals surface area contributed by atoms with Crippen molar-refractivity contribution in [2.75, 3.05) is 0 Å². The Balaban J connectivity index is 2.78. The number of hydrogen-bond acceptors (Lipinski definition) is 4. The summed E-state index contributed by atoms with van der Waals surface area (Å²) in [6.07, 6.45) is 8.04. The predicted octanol–water partition coefficient (Wildman–Crippen LogP) is 1.12. The average molecular weight is 275 g/mol. The zero-order chi connectivity index (χ0) is 14.7. The Hall–Kier alpha value is -3.00. The zero-order valence-electron chi connectivity index (χ0n) is 9.92. The molecule has 0 spiro atoms. The van der Waals surface area contributed by atoms with E-state index in [1.165, 1.54) is 12.4 Å². The molecule has 0 radical (unpaired) electrons. The van der Waals surface area contributed by atoms with Gasteiger partial charge in [0.1, 0.15) is 11.7 Å². The molecule has 1 unspecified atom stereocenters. The molecule has 8 heteroatoms. The molecular formula is C12H7F2N5O. The van der Waals surface area contributed by atoms with Crippen LogP contribution in [0.15, 0.2) is 12.4 Å². The van der Waals surface area contributed by atoms with Gasteiger partial charge in [0.05, 0.1) is 17.8 Å². The second-order valence-electron chi connectivity index (χ2n) is 3.68. The minimum Gasteiger partial charge on any atom is -0.339 e. The summed E-state index contributed by atoms with van der Waals surface area (Å²) >= 11 is 0. The van der Waals surface area contributed by atoms with Crippen LogP contribution in [0.5, 0.6) is 0 Å². The number of alkyl halides is 2. The molecule has 1 N–H and O–H groups in total. The predicted molar refractivity (Wildman–Crippen MR) is 64.3 cm³/mol. The highest BCUT2D eigenvalue weighted by molar-refractivity contribution is 5.88. The lowest BCUT2D eigenvalue weighted by molar-refractivity contribution is -0.109. The number of carbonyl (C=O) groups is 1. The first kappa shape index (κ1) is 13.4. The summed E-state index contributed by atoms with van der Waals surface area (Å²) in [7, 11) is 0. The summed E-state index contributed by atoms with van der Waals surface area (Å²) < 4.78 is 26.2. The van der Waals surface area contributed by atoms with Crippen molar-refractivity contribution in [3.05, 3.63) is 23.7 Å².